The molecule has 1 aromatic carbocycles. The van der Waals surface area contributed by atoms with Crippen molar-refractivity contribution in [3.05, 3.63) is 29.8 Å². The van der Waals surface area contributed by atoms with Gasteiger partial charge in [-0.3, -0.25) is 14.4 Å². The second-order valence-corrected chi connectivity index (χ2v) is 9.38. The van der Waals surface area contributed by atoms with E-state index in [9.17, 15) is 19.2 Å². The van der Waals surface area contributed by atoms with E-state index < -0.39 is 35.7 Å². The SMILES string of the molecule is CC(=O)O[C@@H](C(=O)OC(C)(C)C)[C@H]1OCCN(c2cccc(C(=O)N3CCC[C@H]3C)c2)C1=O. The number of amides is 2. The van der Waals surface area contributed by atoms with E-state index in [-0.39, 0.29) is 25.1 Å². The number of ether oxygens (including phenoxy) is 3. The highest BCUT2D eigenvalue weighted by molar-refractivity contribution is 6.02. The fourth-order valence-corrected chi connectivity index (χ4v) is 4.06. The largest absolute Gasteiger partial charge is 0.457 e. The van der Waals surface area contributed by atoms with Gasteiger partial charge in [0.1, 0.15) is 5.60 Å². The monoisotopic (exact) mass is 460 g/mol. The first kappa shape index (κ1) is 24.7. The maximum absolute atomic E-state index is 13.3. The number of carbonyl (C=O) groups excluding carboxylic acids is 4. The van der Waals surface area contributed by atoms with E-state index in [2.05, 4.69) is 0 Å². The van der Waals surface area contributed by atoms with Crippen LogP contribution < -0.4 is 4.90 Å². The first-order valence-electron chi connectivity index (χ1n) is 11.2. The fourth-order valence-electron chi connectivity index (χ4n) is 4.06. The van der Waals surface area contributed by atoms with Gasteiger partial charge in [0.15, 0.2) is 6.10 Å². The summed E-state index contributed by atoms with van der Waals surface area (Å²) in [6.45, 7) is 9.27. The van der Waals surface area contributed by atoms with Crippen LogP contribution in [0.1, 0.15) is 57.8 Å². The summed E-state index contributed by atoms with van der Waals surface area (Å²) in [6.07, 6.45) is -0.946. The van der Waals surface area contributed by atoms with Gasteiger partial charge < -0.3 is 24.0 Å². The van der Waals surface area contributed by atoms with E-state index in [0.717, 1.165) is 19.8 Å². The van der Waals surface area contributed by atoms with Gasteiger partial charge in [-0.05, 0) is 58.7 Å². The fraction of sp³-hybridized carbons (Fsp3) is 0.583. The Bertz CT molecular complexity index is 924. The second kappa shape index (κ2) is 9.91. The maximum atomic E-state index is 13.3. The Labute approximate surface area is 193 Å². The quantitative estimate of drug-likeness (QED) is 0.622. The van der Waals surface area contributed by atoms with E-state index in [0.29, 0.717) is 17.8 Å². The van der Waals surface area contributed by atoms with Gasteiger partial charge in [0.05, 0.1) is 6.61 Å². The third kappa shape index (κ3) is 5.90. The van der Waals surface area contributed by atoms with Crippen LogP contribution in [-0.2, 0) is 28.6 Å². The topological polar surface area (TPSA) is 102 Å². The van der Waals surface area contributed by atoms with Crippen molar-refractivity contribution in [1.82, 2.24) is 4.90 Å². The lowest BCUT2D eigenvalue weighted by atomic mass is 10.1. The molecule has 2 aliphatic rings. The highest BCUT2D eigenvalue weighted by Crippen LogP contribution is 2.26. The average Bonchev–Trinajstić information content (AvgIpc) is 3.16. The second-order valence-electron chi connectivity index (χ2n) is 9.38. The predicted octanol–water partition coefficient (Wildman–Crippen LogP) is 2.32. The molecule has 2 fully saturated rings. The highest BCUT2D eigenvalue weighted by Gasteiger charge is 2.44. The molecule has 9 heteroatoms. The van der Waals surface area contributed by atoms with E-state index in [1.54, 1.807) is 45.0 Å². The number of carbonyl (C=O) groups is 4. The van der Waals surface area contributed by atoms with Crippen molar-refractivity contribution < 1.29 is 33.4 Å². The van der Waals surface area contributed by atoms with E-state index in [4.69, 9.17) is 14.2 Å². The zero-order valence-electron chi connectivity index (χ0n) is 19.8. The number of hydrogen-bond acceptors (Lipinski definition) is 7. The van der Waals surface area contributed by atoms with Crippen molar-refractivity contribution in [1.29, 1.82) is 0 Å². The lowest BCUT2D eigenvalue weighted by molar-refractivity contribution is -0.188. The smallest absolute Gasteiger partial charge is 0.351 e. The molecule has 0 spiro atoms. The van der Waals surface area contributed by atoms with Crippen LogP contribution in [0.4, 0.5) is 5.69 Å². The number of hydrogen-bond donors (Lipinski definition) is 0. The molecule has 2 heterocycles. The van der Waals surface area contributed by atoms with Crippen LogP contribution in [0, 0.1) is 0 Å². The summed E-state index contributed by atoms with van der Waals surface area (Å²) in [5, 5.41) is 0. The Balaban J connectivity index is 1.83. The van der Waals surface area contributed by atoms with Crippen molar-refractivity contribution in [2.45, 2.75) is 71.3 Å². The van der Waals surface area contributed by atoms with Crippen LogP contribution >= 0.6 is 0 Å². The van der Waals surface area contributed by atoms with Gasteiger partial charge in [-0.15, -0.1) is 0 Å². The minimum atomic E-state index is -1.53. The summed E-state index contributed by atoms with van der Waals surface area (Å²) in [5.74, 6) is -2.21. The molecule has 0 N–H and O–H groups in total. The van der Waals surface area contributed by atoms with E-state index in [1.165, 1.54) is 4.90 Å². The number of anilines is 1. The van der Waals surface area contributed by atoms with Gasteiger partial charge in [0.25, 0.3) is 11.8 Å². The normalized spacial score (nSPS) is 22.2. The average molecular weight is 461 g/mol. The maximum Gasteiger partial charge on any atom is 0.351 e. The molecule has 2 saturated heterocycles. The highest BCUT2D eigenvalue weighted by atomic mass is 16.6. The van der Waals surface area contributed by atoms with Crippen molar-refractivity contribution in [2.75, 3.05) is 24.6 Å². The number of morpholine rings is 1. The number of nitrogens with zero attached hydrogens (tertiary/aromatic N) is 2. The van der Waals surface area contributed by atoms with Crippen LogP contribution in [0.15, 0.2) is 24.3 Å². The number of rotatable bonds is 5. The molecule has 180 valence electrons. The van der Waals surface area contributed by atoms with Gasteiger partial charge >= 0.3 is 11.9 Å². The van der Waals surface area contributed by atoms with Gasteiger partial charge in [0.2, 0.25) is 6.10 Å². The van der Waals surface area contributed by atoms with E-state index in [1.807, 2.05) is 11.8 Å². The lowest BCUT2D eigenvalue weighted by Crippen LogP contribution is -2.56. The molecule has 0 radical (unpaired) electrons. The Kier molecular flexibility index (Phi) is 7.41. The third-order valence-corrected chi connectivity index (χ3v) is 5.55. The Hall–Kier alpha value is -2.94. The zero-order chi connectivity index (χ0) is 24.3. The van der Waals surface area contributed by atoms with Crippen LogP contribution in [0.2, 0.25) is 0 Å². The summed E-state index contributed by atoms with van der Waals surface area (Å²) in [6, 6.07) is 7.01. The van der Waals surface area contributed by atoms with Crippen molar-refractivity contribution in [3.63, 3.8) is 0 Å². The molecule has 2 amide bonds. The van der Waals surface area contributed by atoms with Gasteiger partial charge in [-0.25, -0.2) is 4.79 Å². The minimum absolute atomic E-state index is 0.0781. The van der Waals surface area contributed by atoms with Gasteiger partial charge in [0, 0.05) is 37.3 Å². The number of likely N-dealkylation sites (tertiary alicyclic amines) is 1. The number of benzene rings is 1. The van der Waals surface area contributed by atoms with Crippen LogP contribution in [0.5, 0.6) is 0 Å². The summed E-state index contributed by atoms with van der Waals surface area (Å²) in [5.41, 5.74) is 0.159. The number of esters is 2. The molecule has 33 heavy (non-hydrogen) atoms. The molecule has 0 bridgehead atoms. The Morgan fingerprint density at radius 1 is 1.18 bits per heavy atom. The molecule has 3 rings (SSSR count). The molecule has 9 nitrogen and oxygen atoms in total. The molecule has 2 aliphatic heterocycles. The van der Waals surface area contributed by atoms with Crippen LogP contribution in [0.3, 0.4) is 0 Å². The Morgan fingerprint density at radius 3 is 2.52 bits per heavy atom. The van der Waals surface area contributed by atoms with Gasteiger partial charge in [-0.1, -0.05) is 6.07 Å². The lowest BCUT2D eigenvalue weighted by Gasteiger charge is -2.35. The van der Waals surface area contributed by atoms with Crippen molar-refractivity contribution in [3.8, 4) is 0 Å². The molecule has 0 saturated carbocycles. The molecule has 0 aromatic heterocycles. The summed E-state index contributed by atoms with van der Waals surface area (Å²) in [4.78, 5) is 53.9. The van der Waals surface area contributed by atoms with Crippen LogP contribution in [-0.4, -0.2) is 72.2 Å². The van der Waals surface area contributed by atoms with Crippen LogP contribution in [0.25, 0.3) is 0 Å². The third-order valence-electron chi connectivity index (χ3n) is 5.55. The van der Waals surface area contributed by atoms with Crippen molar-refractivity contribution in [2.24, 2.45) is 0 Å². The molecular weight excluding hydrogens is 428 g/mol. The summed E-state index contributed by atoms with van der Waals surface area (Å²) >= 11 is 0. The molecule has 0 aliphatic carbocycles. The van der Waals surface area contributed by atoms with E-state index >= 15 is 0 Å². The predicted molar refractivity (Wildman–Crippen MR) is 120 cm³/mol. The molecule has 3 atom stereocenters. The molecule has 1 aromatic rings. The molecular formula is C24H32N2O7. The summed E-state index contributed by atoms with van der Waals surface area (Å²) < 4.78 is 16.1. The Morgan fingerprint density at radius 2 is 1.91 bits per heavy atom. The summed E-state index contributed by atoms with van der Waals surface area (Å²) in [7, 11) is 0. The zero-order valence-corrected chi connectivity index (χ0v) is 19.8. The minimum Gasteiger partial charge on any atom is -0.457 e. The van der Waals surface area contributed by atoms with Crippen molar-refractivity contribution >= 4 is 29.4 Å². The first-order chi connectivity index (χ1) is 15.5. The standard InChI is InChI=1S/C24H32N2O7/c1-15-8-7-11-25(15)21(28)17-9-6-10-18(14-17)26-12-13-31-19(22(26)29)20(32-16(2)27)23(30)33-24(3,4)5/h6,9-10,14-15,19-20H,7-8,11-13H2,1-5H3/t15-,19-,20-/m1/s1. The first-order valence-corrected chi connectivity index (χ1v) is 11.2. The molecule has 0 unspecified atom stereocenters. The van der Waals surface area contributed by atoms with Gasteiger partial charge in [-0.2, -0.15) is 0 Å².